The maximum atomic E-state index is 8.88. The predicted molar refractivity (Wildman–Crippen MR) is 27.4 cm³/mol. The third kappa shape index (κ3) is 0.844. The summed E-state index contributed by atoms with van der Waals surface area (Å²) in [5.41, 5.74) is -0.436. The Morgan fingerprint density at radius 1 is 1.88 bits per heavy atom. The first kappa shape index (κ1) is 6.01. The van der Waals surface area contributed by atoms with Crippen LogP contribution in [0, 0.1) is 0 Å². The van der Waals surface area contributed by atoms with Crippen molar-refractivity contribution in [3.05, 3.63) is 0 Å². The zero-order chi connectivity index (χ0) is 6.20. The Morgan fingerprint density at radius 3 is 2.50 bits per heavy atom. The van der Waals surface area contributed by atoms with Crippen LogP contribution < -0.4 is 0 Å². The minimum atomic E-state index is -0.706. The highest BCUT2D eigenvalue weighted by molar-refractivity contribution is 4.93. The van der Waals surface area contributed by atoms with E-state index in [1.807, 2.05) is 0 Å². The van der Waals surface area contributed by atoms with Crippen LogP contribution >= 0.6 is 0 Å². The molecule has 0 amide bonds. The van der Waals surface area contributed by atoms with Crippen LogP contribution in [0.4, 0.5) is 0 Å². The zero-order valence-electron chi connectivity index (χ0n) is 4.79. The standard InChI is InChI=1S/C5H10O3/c1-5(3-8-5)4(7)2-6/h4,6-7H,2-3H2,1H3. The third-order valence-electron chi connectivity index (χ3n) is 1.48. The van der Waals surface area contributed by atoms with Crippen molar-refractivity contribution in [3.8, 4) is 0 Å². The summed E-state index contributed by atoms with van der Waals surface area (Å²) in [6.45, 7) is 2.12. The Hall–Kier alpha value is -0.120. The van der Waals surface area contributed by atoms with Gasteiger partial charge in [0.05, 0.1) is 13.2 Å². The van der Waals surface area contributed by atoms with E-state index < -0.39 is 11.7 Å². The fourth-order valence-corrected chi connectivity index (χ4v) is 0.499. The lowest BCUT2D eigenvalue weighted by Crippen LogP contribution is -2.29. The second-order valence-corrected chi connectivity index (χ2v) is 2.30. The molecule has 8 heavy (non-hydrogen) atoms. The van der Waals surface area contributed by atoms with Crippen molar-refractivity contribution in [3.63, 3.8) is 0 Å². The van der Waals surface area contributed by atoms with Crippen LogP contribution in [-0.2, 0) is 4.74 Å². The zero-order valence-corrected chi connectivity index (χ0v) is 4.79. The lowest BCUT2D eigenvalue weighted by molar-refractivity contribution is 0.0338. The highest BCUT2D eigenvalue weighted by Crippen LogP contribution is 2.29. The van der Waals surface area contributed by atoms with Gasteiger partial charge in [0.25, 0.3) is 0 Å². The van der Waals surface area contributed by atoms with Crippen molar-refractivity contribution in [1.29, 1.82) is 0 Å². The average Bonchev–Trinajstić information content (AvgIpc) is 2.47. The Balaban J connectivity index is 2.34. The van der Waals surface area contributed by atoms with Gasteiger partial charge >= 0.3 is 0 Å². The molecule has 1 heterocycles. The molecule has 0 aromatic rings. The molecule has 1 saturated heterocycles. The predicted octanol–water partition coefficient (Wildman–Crippen LogP) is -0.872. The summed E-state index contributed by atoms with van der Waals surface area (Å²) in [6.07, 6.45) is -0.706. The smallest absolute Gasteiger partial charge is 0.117 e. The van der Waals surface area contributed by atoms with Crippen LogP contribution in [0.1, 0.15) is 6.92 Å². The molecule has 0 spiro atoms. The van der Waals surface area contributed by atoms with E-state index in [9.17, 15) is 0 Å². The summed E-state index contributed by atoms with van der Waals surface area (Å²) in [7, 11) is 0. The van der Waals surface area contributed by atoms with Gasteiger partial charge < -0.3 is 14.9 Å². The van der Waals surface area contributed by atoms with Crippen LogP contribution in [0.15, 0.2) is 0 Å². The Bertz CT molecular complexity index is 87.7. The lowest BCUT2D eigenvalue weighted by atomic mass is 10.1. The van der Waals surface area contributed by atoms with Gasteiger partial charge in [-0.3, -0.25) is 0 Å². The first-order valence-corrected chi connectivity index (χ1v) is 2.62. The number of aliphatic hydroxyl groups excluding tert-OH is 2. The van der Waals surface area contributed by atoms with E-state index in [2.05, 4.69) is 0 Å². The fraction of sp³-hybridized carbons (Fsp3) is 1.00. The first-order chi connectivity index (χ1) is 3.69. The molecule has 2 N–H and O–H groups in total. The number of epoxide rings is 1. The second kappa shape index (κ2) is 1.69. The van der Waals surface area contributed by atoms with Crippen molar-refractivity contribution in [2.45, 2.75) is 18.6 Å². The van der Waals surface area contributed by atoms with Gasteiger partial charge in [-0.25, -0.2) is 0 Å². The van der Waals surface area contributed by atoms with E-state index in [1.54, 1.807) is 6.92 Å². The molecular formula is C5H10O3. The molecule has 0 saturated carbocycles. The Morgan fingerprint density at radius 2 is 2.38 bits per heavy atom. The minimum absolute atomic E-state index is 0.212. The Kier molecular flexibility index (Phi) is 1.27. The summed E-state index contributed by atoms with van der Waals surface area (Å²) in [5, 5.41) is 17.3. The Labute approximate surface area is 47.9 Å². The molecule has 1 aliphatic heterocycles. The van der Waals surface area contributed by atoms with Crippen molar-refractivity contribution in [2.24, 2.45) is 0 Å². The van der Waals surface area contributed by atoms with Crippen molar-refractivity contribution < 1.29 is 14.9 Å². The van der Waals surface area contributed by atoms with Crippen LogP contribution in [0.3, 0.4) is 0 Å². The molecule has 0 aliphatic carbocycles. The van der Waals surface area contributed by atoms with E-state index in [0.717, 1.165) is 0 Å². The molecule has 0 aromatic heterocycles. The van der Waals surface area contributed by atoms with Gasteiger partial charge in [-0.2, -0.15) is 0 Å². The molecule has 2 atom stereocenters. The third-order valence-corrected chi connectivity index (χ3v) is 1.48. The number of hydrogen-bond acceptors (Lipinski definition) is 3. The van der Waals surface area contributed by atoms with E-state index in [1.165, 1.54) is 0 Å². The molecular weight excluding hydrogens is 108 g/mol. The second-order valence-electron chi connectivity index (χ2n) is 2.30. The molecule has 3 heteroatoms. The average molecular weight is 118 g/mol. The van der Waals surface area contributed by atoms with Gasteiger partial charge in [-0.1, -0.05) is 0 Å². The highest BCUT2D eigenvalue weighted by Gasteiger charge is 2.45. The molecule has 0 aromatic carbocycles. The van der Waals surface area contributed by atoms with Gasteiger partial charge in [-0.15, -0.1) is 0 Å². The molecule has 1 fully saturated rings. The van der Waals surface area contributed by atoms with Crippen LogP contribution in [-0.4, -0.2) is 35.1 Å². The maximum absolute atomic E-state index is 8.88. The maximum Gasteiger partial charge on any atom is 0.117 e. The summed E-state index contributed by atoms with van der Waals surface area (Å²) >= 11 is 0. The van der Waals surface area contributed by atoms with E-state index >= 15 is 0 Å². The van der Waals surface area contributed by atoms with E-state index in [-0.39, 0.29) is 6.61 Å². The molecule has 1 rings (SSSR count). The number of hydrogen-bond donors (Lipinski definition) is 2. The lowest BCUT2D eigenvalue weighted by Gasteiger charge is -2.09. The summed E-state index contributed by atoms with van der Waals surface area (Å²) in [5.74, 6) is 0. The van der Waals surface area contributed by atoms with Gasteiger partial charge in [0.1, 0.15) is 11.7 Å². The van der Waals surface area contributed by atoms with Crippen LogP contribution in [0.2, 0.25) is 0 Å². The SMILES string of the molecule is CC1(C(O)CO)CO1. The molecule has 48 valence electrons. The van der Waals surface area contributed by atoms with Crippen molar-refractivity contribution in [1.82, 2.24) is 0 Å². The molecule has 1 aliphatic rings. The van der Waals surface area contributed by atoms with Crippen LogP contribution in [0.25, 0.3) is 0 Å². The quantitative estimate of drug-likeness (QED) is 0.463. The summed E-state index contributed by atoms with van der Waals surface area (Å²) in [6, 6.07) is 0. The largest absolute Gasteiger partial charge is 0.394 e. The minimum Gasteiger partial charge on any atom is -0.394 e. The topological polar surface area (TPSA) is 53.0 Å². The molecule has 0 radical (unpaired) electrons. The van der Waals surface area contributed by atoms with Crippen molar-refractivity contribution in [2.75, 3.05) is 13.2 Å². The number of rotatable bonds is 2. The summed E-state index contributed by atoms with van der Waals surface area (Å²) < 4.78 is 4.84. The highest BCUT2D eigenvalue weighted by atomic mass is 16.6. The van der Waals surface area contributed by atoms with Gasteiger partial charge in [0, 0.05) is 0 Å². The van der Waals surface area contributed by atoms with E-state index in [4.69, 9.17) is 14.9 Å². The van der Waals surface area contributed by atoms with Crippen LogP contribution in [0.5, 0.6) is 0 Å². The fourth-order valence-electron chi connectivity index (χ4n) is 0.499. The van der Waals surface area contributed by atoms with Gasteiger partial charge in [0.15, 0.2) is 0 Å². The monoisotopic (exact) mass is 118 g/mol. The van der Waals surface area contributed by atoms with Crippen molar-refractivity contribution >= 4 is 0 Å². The summed E-state index contributed by atoms with van der Waals surface area (Å²) in [4.78, 5) is 0. The number of aliphatic hydroxyl groups is 2. The number of ether oxygens (including phenoxy) is 1. The molecule has 0 bridgehead atoms. The van der Waals surface area contributed by atoms with Gasteiger partial charge in [0.2, 0.25) is 0 Å². The van der Waals surface area contributed by atoms with Gasteiger partial charge in [-0.05, 0) is 6.92 Å². The molecule has 2 unspecified atom stereocenters. The molecule has 3 nitrogen and oxygen atoms in total. The normalized spacial score (nSPS) is 39.4. The van der Waals surface area contributed by atoms with E-state index in [0.29, 0.717) is 6.61 Å². The first-order valence-electron chi connectivity index (χ1n) is 2.62.